The Morgan fingerprint density at radius 3 is 2.56 bits per heavy atom. The highest BCUT2D eigenvalue weighted by Crippen LogP contribution is 2.24. The third-order valence-corrected chi connectivity index (χ3v) is 4.03. The first-order valence-corrected chi connectivity index (χ1v) is 7.19. The normalized spacial score (nSPS) is 25.3. The molecule has 2 rings (SSSR count). The monoisotopic (exact) mass is 274 g/mol. The number of rotatable bonds is 3. The second-order valence-electron chi connectivity index (χ2n) is 6.02. The van der Waals surface area contributed by atoms with Crippen LogP contribution in [-0.4, -0.2) is 36.5 Å². The van der Waals surface area contributed by atoms with Crippen LogP contribution in [-0.2, 0) is 4.79 Å². The van der Waals surface area contributed by atoms with Crippen LogP contribution in [0, 0.1) is 11.8 Å². The number of nitrogens with zero attached hydrogens (tertiary/aromatic N) is 1. The molecule has 0 aliphatic carbocycles. The van der Waals surface area contributed by atoms with E-state index in [0.29, 0.717) is 17.9 Å². The van der Waals surface area contributed by atoms with Crippen molar-refractivity contribution in [2.24, 2.45) is 11.8 Å². The Hall–Kier alpha value is -0.280. The number of amides is 1. The van der Waals surface area contributed by atoms with Gasteiger partial charge in [0.25, 0.3) is 0 Å². The van der Waals surface area contributed by atoms with Crippen LogP contribution in [0.3, 0.4) is 0 Å². The summed E-state index contributed by atoms with van der Waals surface area (Å²) in [6.07, 6.45) is 6.17. The lowest BCUT2D eigenvalue weighted by Gasteiger charge is -2.37. The van der Waals surface area contributed by atoms with Crippen molar-refractivity contribution in [1.82, 2.24) is 10.2 Å². The summed E-state index contributed by atoms with van der Waals surface area (Å²) in [5, 5.41) is 3.20. The second kappa shape index (κ2) is 7.34. The molecule has 1 amide bonds. The van der Waals surface area contributed by atoms with Crippen molar-refractivity contribution < 1.29 is 4.79 Å². The minimum absolute atomic E-state index is 0. The number of carbonyl (C=O) groups is 1. The molecular weight excluding hydrogens is 248 g/mol. The van der Waals surface area contributed by atoms with E-state index >= 15 is 0 Å². The van der Waals surface area contributed by atoms with Gasteiger partial charge in [-0.15, -0.1) is 12.4 Å². The van der Waals surface area contributed by atoms with Crippen molar-refractivity contribution in [1.29, 1.82) is 0 Å². The maximum absolute atomic E-state index is 12.4. The molecule has 3 nitrogen and oxygen atoms in total. The summed E-state index contributed by atoms with van der Waals surface area (Å²) in [5.74, 6) is 1.37. The number of hydrogen-bond acceptors (Lipinski definition) is 2. The average molecular weight is 275 g/mol. The lowest BCUT2D eigenvalue weighted by Crippen LogP contribution is -2.54. The molecule has 0 saturated carbocycles. The molecule has 2 aliphatic rings. The SMILES string of the molecule is CC(C)CC1CCCCCN1C(=O)C1CNC1.Cl. The standard InChI is InChI=1S/C14H26N2O.ClH/c1-11(2)8-13-6-4-3-5-7-16(13)14(17)12-9-15-10-12;/h11-13,15H,3-10H2,1-2H3;1H. The minimum Gasteiger partial charge on any atom is -0.339 e. The molecule has 18 heavy (non-hydrogen) atoms. The number of carbonyl (C=O) groups excluding carboxylic acids is 1. The highest BCUT2D eigenvalue weighted by Gasteiger charge is 2.33. The number of halogens is 1. The second-order valence-corrected chi connectivity index (χ2v) is 6.02. The summed E-state index contributed by atoms with van der Waals surface area (Å²) in [6, 6.07) is 0.505. The van der Waals surface area contributed by atoms with Gasteiger partial charge >= 0.3 is 0 Å². The van der Waals surface area contributed by atoms with Gasteiger partial charge in [0.1, 0.15) is 0 Å². The molecule has 0 aromatic carbocycles. The minimum atomic E-state index is 0. The summed E-state index contributed by atoms with van der Waals surface area (Å²) in [5.41, 5.74) is 0. The molecule has 4 heteroatoms. The van der Waals surface area contributed by atoms with Crippen LogP contribution in [0.1, 0.15) is 46.0 Å². The molecule has 0 aromatic heterocycles. The zero-order valence-electron chi connectivity index (χ0n) is 11.7. The molecule has 1 unspecified atom stereocenters. The number of hydrogen-bond donors (Lipinski definition) is 1. The Labute approximate surface area is 117 Å². The third-order valence-electron chi connectivity index (χ3n) is 4.03. The summed E-state index contributed by atoms with van der Waals surface area (Å²) >= 11 is 0. The molecule has 0 radical (unpaired) electrons. The Bertz CT molecular complexity index is 267. The lowest BCUT2D eigenvalue weighted by molar-refractivity contribution is -0.139. The van der Waals surface area contributed by atoms with E-state index in [1.165, 1.54) is 32.1 Å². The van der Waals surface area contributed by atoms with E-state index in [1.807, 2.05) is 0 Å². The predicted molar refractivity (Wildman–Crippen MR) is 77.0 cm³/mol. The average Bonchev–Trinajstić information content (AvgIpc) is 2.39. The zero-order valence-corrected chi connectivity index (χ0v) is 12.5. The molecule has 0 spiro atoms. The summed E-state index contributed by atoms with van der Waals surface area (Å²) in [4.78, 5) is 14.6. The topological polar surface area (TPSA) is 32.3 Å². The van der Waals surface area contributed by atoms with Gasteiger partial charge in [0.2, 0.25) is 5.91 Å². The molecule has 2 heterocycles. The predicted octanol–water partition coefficient (Wildman–Crippen LogP) is 2.44. The first-order chi connectivity index (χ1) is 8.18. The van der Waals surface area contributed by atoms with Gasteiger partial charge in [-0.3, -0.25) is 4.79 Å². The first-order valence-electron chi connectivity index (χ1n) is 7.19. The van der Waals surface area contributed by atoms with Gasteiger partial charge in [0.15, 0.2) is 0 Å². The van der Waals surface area contributed by atoms with Gasteiger partial charge < -0.3 is 10.2 Å². The summed E-state index contributed by atoms with van der Waals surface area (Å²) in [7, 11) is 0. The fraction of sp³-hybridized carbons (Fsp3) is 0.929. The molecule has 2 fully saturated rings. The maximum atomic E-state index is 12.4. The number of likely N-dealkylation sites (tertiary alicyclic amines) is 1. The van der Waals surface area contributed by atoms with Crippen LogP contribution in [0.2, 0.25) is 0 Å². The van der Waals surface area contributed by atoms with E-state index in [1.54, 1.807) is 0 Å². The smallest absolute Gasteiger partial charge is 0.228 e. The molecule has 0 aromatic rings. The van der Waals surface area contributed by atoms with Crippen LogP contribution in [0.5, 0.6) is 0 Å². The molecule has 0 bridgehead atoms. The summed E-state index contributed by atoms with van der Waals surface area (Å²) < 4.78 is 0. The Morgan fingerprint density at radius 2 is 2.00 bits per heavy atom. The van der Waals surface area contributed by atoms with E-state index in [4.69, 9.17) is 0 Å². The third kappa shape index (κ3) is 3.86. The van der Waals surface area contributed by atoms with Crippen molar-refractivity contribution in [2.75, 3.05) is 19.6 Å². The van der Waals surface area contributed by atoms with Crippen molar-refractivity contribution in [3.05, 3.63) is 0 Å². The maximum Gasteiger partial charge on any atom is 0.228 e. The van der Waals surface area contributed by atoms with Crippen molar-refractivity contribution in [3.8, 4) is 0 Å². The van der Waals surface area contributed by atoms with Gasteiger partial charge in [-0.05, 0) is 25.2 Å². The van der Waals surface area contributed by atoms with E-state index < -0.39 is 0 Å². The van der Waals surface area contributed by atoms with E-state index in [9.17, 15) is 4.79 Å². The van der Waals surface area contributed by atoms with Crippen LogP contribution in [0.15, 0.2) is 0 Å². The van der Waals surface area contributed by atoms with E-state index in [2.05, 4.69) is 24.1 Å². The van der Waals surface area contributed by atoms with Crippen LogP contribution >= 0.6 is 12.4 Å². The van der Waals surface area contributed by atoms with Gasteiger partial charge in [-0.1, -0.05) is 26.7 Å². The Morgan fingerprint density at radius 1 is 1.28 bits per heavy atom. The largest absolute Gasteiger partial charge is 0.339 e. The van der Waals surface area contributed by atoms with Crippen molar-refractivity contribution >= 4 is 18.3 Å². The lowest BCUT2D eigenvalue weighted by atomic mass is 9.95. The Kier molecular flexibility index (Phi) is 6.44. The molecule has 2 saturated heterocycles. The van der Waals surface area contributed by atoms with Crippen molar-refractivity contribution in [2.45, 2.75) is 52.0 Å². The number of nitrogens with one attached hydrogen (secondary N) is 1. The fourth-order valence-electron chi connectivity index (χ4n) is 2.95. The first kappa shape index (κ1) is 15.8. The van der Waals surface area contributed by atoms with Gasteiger partial charge in [-0.2, -0.15) is 0 Å². The molecular formula is C14H27ClN2O. The van der Waals surface area contributed by atoms with Gasteiger partial charge in [-0.25, -0.2) is 0 Å². The Balaban J connectivity index is 0.00000162. The van der Waals surface area contributed by atoms with Crippen LogP contribution in [0.4, 0.5) is 0 Å². The quantitative estimate of drug-likeness (QED) is 0.857. The highest BCUT2D eigenvalue weighted by atomic mass is 35.5. The molecule has 106 valence electrons. The van der Waals surface area contributed by atoms with Gasteiger partial charge in [0, 0.05) is 25.7 Å². The fourth-order valence-corrected chi connectivity index (χ4v) is 2.95. The van der Waals surface area contributed by atoms with Crippen molar-refractivity contribution in [3.63, 3.8) is 0 Å². The van der Waals surface area contributed by atoms with E-state index in [-0.39, 0.29) is 18.3 Å². The highest BCUT2D eigenvalue weighted by molar-refractivity contribution is 5.85. The molecule has 1 N–H and O–H groups in total. The molecule has 2 aliphatic heterocycles. The van der Waals surface area contributed by atoms with Crippen LogP contribution in [0.25, 0.3) is 0 Å². The van der Waals surface area contributed by atoms with E-state index in [0.717, 1.165) is 19.6 Å². The molecule has 1 atom stereocenters. The zero-order chi connectivity index (χ0) is 12.3. The van der Waals surface area contributed by atoms with Gasteiger partial charge in [0.05, 0.1) is 5.92 Å². The van der Waals surface area contributed by atoms with Crippen LogP contribution < -0.4 is 5.32 Å². The summed E-state index contributed by atoms with van der Waals surface area (Å²) in [6.45, 7) is 7.30.